The number of fused-ring (bicyclic) bond motifs is 1. The quantitative estimate of drug-likeness (QED) is 0.383. The number of rotatable bonds is 5. The molecule has 0 bridgehead atoms. The van der Waals surface area contributed by atoms with Crippen LogP contribution in [-0.4, -0.2) is 29.6 Å². The summed E-state index contributed by atoms with van der Waals surface area (Å²) in [5.41, 5.74) is 8.32. The summed E-state index contributed by atoms with van der Waals surface area (Å²) in [6.45, 7) is 5.29. The number of hydrogen-bond donors (Lipinski definition) is 2. The highest BCUT2D eigenvalue weighted by molar-refractivity contribution is 6.08. The number of amidine groups is 1. The van der Waals surface area contributed by atoms with E-state index in [0.717, 1.165) is 29.6 Å². The van der Waals surface area contributed by atoms with Gasteiger partial charge in [0.1, 0.15) is 0 Å². The van der Waals surface area contributed by atoms with Gasteiger partial charge in [-0.05, 0) is 18.4 Å². The van der Waals surface area contributed by atoms with Crippen molar-refractivity contribution in [1.82, 2.24) is 4.98 Å². The zero-order valence-electron chi connectivity index (χ0n) is 12.7. The number of hydrogen-bond acceptors (Lipinski definition) is 4. The molecule has 1 aromatic heterocycles. The van der Waals surface area contributed by atoms with Gasteiger partial charge in [0.05, 0.1) is 16.8 Å². The average molecular weight is 286 g/mol. The lowest BCUT2D eigenvalue weighted by Crippen LogP contribution is -2.25. The van der Waals surface area contributed by atoms with Gasteiger partial charge in [-0.2, -0.15) is 0 Å². The molecule has 2 rings (SSSR count). The Labute approximate surface area is 125 Å². The Morgan fingerprint density at radius 3 is 2.76 bits per heavy atom. The van der Waals surface area contributed by atoms with Crippen molar-refractivity contribution in [3.8, 4) is 0 Å². The number of nitrogens with zero attached hydrogens (tertiary/aromatic N) is 3. The second-order valence-electron chi connectivity index (χ2n) is 5.63. The third kappa shape index (κ3) is 3.24. The third-order valence-electron chi connectivity index (χ3n) is 3.55. The average Bonchev–Trinajstić information content (AvgIpc) is 2.50. The minimum absolute atomic E-state index is 0.0830. The smallest absolute Gasteiger partial charge is 0.173 e. The van der Waals surface area contributed by atoms with E-state index in [1.165, 1.54) is 0 Å². The van der Waals surface area contributed by atoms with Crippen molar-refractivity contribution in [3.63, 3.8) is 0 Å². The number of pyridine rings is 1. The van der Waals surface area contributed by atoms with E-state index in [1.54, 1.807) is 6.20 Å². The maximum Gasteiger partial charge on any atom is 0.173 e. The van der Waals surface area contributed by atoms with Crippen molar-refractivity contribution in [3.05, 3.63) is 36.0 Å². The van der Waals surface area contributed by atoms with Gasteiger partial charge in [0.15, 0.2) is 5.84 Å². The summed E-state index contributed by atoms with van der Waals surface area (Å²) in [6, 6.07) is 7.90. The van der Waals surface area contributed by atoms with Gasteiger partial charge < -0.3 is 15.8 Å². The van der Waals surface area contributed by atoms with E-state index in [2.05, 4.69) is 28.9 Å². The summed E-state index contributed by atoms with van der Waals surface area (Å²) >= 11 is 0. The SMILES string of the molecule is CC(C)CCN(C)c1c(C(N)=NO)cnc2ccccc12. The maximum atomic E-state index is 9.00. The van der Waals surface area contributed by atoms with Crippen LogP contribution in [-0.2, 0) is 0 Å². The molecule has 0 spiro atoms. The Balaban J connectivity index is 2.55. The van der Waals surface area contributed by atoms with Crippen LogP contribution in [0.3, 0.4) is 0 Å². The number of benzene rings is 1. The molecule has 0 aliphatic carbocycles. The second kappa shape index (κ2) is 6.43. The fraction of sp³-hybridized carbons (Fsp3) is 0.375. The first-order valence-electron chi connectivity index (χ1n) is 7.11. The van der Waals surface area contributed by atoms with E-state index in [0.29, 0.717) is 11.5 Å². The summed E-state index contributed by atoms with van der Waals surface area (Å²) in [7, 11) is 2.03. The zero-order valence-corrected chi connectivity index (χ0v) is 12.7. The van der Waals surface area contributed by atoms with Crippen molar-refractivity contribution >= 4 is 22.4 Å². The standard InChI is InChI=1S/C16H22N4O/c1-11(2)8-9-20(3)15-12-6-4-5-7-14(12)18-10-13(15)16(17)19-21/h4-7,10-11,21H,8-9H2,1-3H3,(H2,17,19). The van der Waals surface area contributed by atoms with Crippen LogP contribution < -0.4 is 10.6 Å². The van der Waals surface area contributed by atoms with Gasteiger partial charge in [-0.15, -0.1) is 0 Å². The highest BCUT2D eigenvalue weighted by Crippen LogP contribution is 2.29. The Hall–Kier alpha value is -2.30. The predicted molar refractivity (Wildman–Crippen MR) is 87.0 cm³/mol. The van der Waals surface area contributed by atoms with E-state index in [-0.39, 0.29) is 5.84 Å². The van der Waals surface area contributed by atoms with E-state index >= 15 is 0 Å². The monoisotopic (exact) mass is 286 g/mol. The molecule has 0 atom stereocenters. The molecule has 0 radical (unpaired) electrons. The fourth-order valence-electron chi connectivity index (χ4n) is 2.34. The van der Waals surface area contributed by atoms with Crippen LogP contribution in [0.25, 0.3) is 10.9 Å². The summed E-state index contributed by atoms with van der Waals surface area (Å²) in [5, 5.41) is 13.1. The van der Waals surface area contributed by atoms with Gasteiger partial charge in [0.2, 0.25) is 0 Å². The molecule has 1 aromatic carbocycles. The van der Waals surface area contributed by atoms with Gasteiger partial charge >= 0.3 is 0 Å². The van der Waals surface area contributed by atoms with Crippen LogP contribution in [0.15, 0.2) is 35.6 Å². The van der Waals surface area contributed by atoms with E-state index in [1.807, 2.05) is 31.3 Å². The summed E-state index contributed by atoms with van der Waals surface area (Å²) in [6.07, 6.45) is 2.74. The Morgan fingerprint density at radius 2 is 2.10 bits per heavy atom. The van der Waals surface area contributed by atoms with Crippen LogP contribution in [0.5, 0.6) is 0 Å². The van der Waals surface area contributed by atoms with Crippen molar-refractivity contribution in [2.45, 2.75) is 20.3 Å². The Bertz CT molecular complexity index is 652. The molecular weight excluding hydrogens is 264 g/mol. The van der Waals surface area contributed by atoms with Crippen LogP contribution in [0, 0.1) is 5.92 Å². The van der Waals surface area contributed by atoms with Crippen molar-refractivity contribution in [1.29, 1.82) is 0 Å². The number of anilines is 1. The van der Waals surface area contributed by atoms with E-state index in [9.17, 15) is 0 Å². The normalized spacial score (nSPS) is 12.1. The molecule has 21 heavy (non-hydrogen) atoms. The molecule has 0 fully saturated rings. The molecule has 2 aromatic rings. The predicted octanol–water partition coefficient (Wildman–Crippen LogP) is 2.81. The van der Waals surface area contributed by atoms with Crippen molar-refractivity contribution in [2.24, 2.45) is 16.8 Å². The Morgan fingerprint density at radius 1 is 1.38 bits per heavy atom. The molecule has 3 N–H and O–H groups in total. The molecule has 5 nitrogen and oxygen atoms in total. The molecule has 0 aliphatic rings. The van der Waals surface area contributed by atoms with E-state index < -0.39 is 0 Å². The van der Waals surface area contributed by atoms with Gasteiger partial charge in [-0.1, -0.05) is 37.2 Å². The van der Waals surface area contributed by atoms with Crippen molar-refractivity contribution < 1.29 is 5.21 Å². The topological polar surface area (TPSA) is 74.7 Å². The molecule has 1 heterocycles. The minimum Gasteiger partial charge on any atom is -0.409 e. The molecule has 0 amide bonds. The van der Waals surface area contributed by atoms with Gasteiger partial charge in [-0.25, -0.2) is 0 Å². The van der Waals surface area contributed by atoms with Gasteiger partial charge in [-0.3, -0.25) is 4.98 Å². The molecule has 0 unspecified atom stereocenters. The largest absolute Gasteiger partial charge is 0.409 e. The lowest BCUT2D eigenvalue weighted by Gasteiger charge is -2.24. The molecule has 0 saturated carbocycles. The molecular formula is C16H22N4O. The number of aromatic nitrogens is 1. The van der Waals surface area contributed by atoms with Gasteiger partial charge in [0, 0.05) is 25.2 Å². The number of para-hydroxylation sites is 1. The first-order chi connectivity index (χ1) is 10.0. The molecule has 112 valence electrons. The second-order valence-corrected chi connectivity index (χ2v) is 5.63. The number of nitrogens with two attached hydrogens (primary N) is 1. The third-order valence-corrected chi connectivity index (χ3v) is 3.55. The highest BCUT2D eigenvalue weighted by atomic mass is 16.4. The first kappa shape index (κ1) is 15.1. The first-order valence-corrected chi connectivity index (χ1v) is 7.11. The Kier molecular flexibility index (Phi) is 4.62. The van der Waals surface area contributed by atoms with Crippen LogP contribution in [0.2, 0.25) is 0 Å². The van der Waals surface area contributed by atoms with Crippen molar-refractivity contribution in [2.75, 3.05) is 18.5 Å². The minimum atomic E-state index is 0.0830. The number of oxime groups is 1. The van der Waals surface area contributed by atoms with Crippen LogP contribution in [0.4, 0.5) is 5.69 Å². The zero-order chi connectivity index (χ0) is 15.4. The highest BCUT2D eigenvalue weighted by Gasteiger charge is 2.16. The lowest BCUT2D eigenvalue weighted by molar-refractivity contribution is 0.318. The summed E-state index contributed by atoms with van der Waals surface area (Å²) in [4.78, 5) is 6.54. The molecule has 0 saturated heterocycles. The lowest BCUT2D eigenvalue weighted by atomic mass is 10.1. The van der Waals surface area contributed by atoms with Crippen LogP contribution in [0.1, 0.15) is 25.8 Å². The van der Waals surface area contributed by atoms with Gasteiger partial charge in [0.25, 0.3) is 0 Å². The maximum absolute atomic E-state index is 9.00. The van der Waals surface area contributed by atoms with Crippen LogP contribution >= 0.6 is 0 Å². The molecule has 0 aliphatic heterocycles. The summed E-state index contributed by atoms with van der Waals surface area (Å²) < 4.78 is 0. The van der Waals surface area contributed by atoms with E-state index in [4.69, 9.17) is 10.9 Å². The summed E-state index contributed by atoms with van der Waals surface area (Å²) in [5.74, 6) is 0.701. The fourth-order valence-corrected chi connectivity index (χ4v) is 2.34. The molecule has 5 heteroatoms.